The fourth-order valence-corrected chi connectivity index (χ4v) is 2.87. The lowest BCUT2D eigenvalue weighted by Gasteiger charge is -2.09. The zero-order chi connectivity index (χ0) is 17.5. The number of carbonyl (C=O) groups excluding carboxylic acids is 2. The topological polar surface area (TPSA) is 84.0 Å². The standard InChI is InChI=1S/C18H16N4O2S/c23-16(11-22-18(24)13-4-2-1-3-5-13)21-10-15-17(20-8-7-19-15)14-6-9-25-12-14/h1-9,12H,10-11H2,(H,21,23)(H,22,24). The zero-order valence-electron chi connectivity index (χ0n) is 13.3. The van der Waals surface area contributed by atoms with Crippen LogP contribution in [0.2, 0.25) is 0 Å². The third-order valence-electron chi connectivity index (χ3n) is 3.47. The van der Waals surface area contributed by atoms with Crippen LogP contribution in [0.3, 0.4) is 0 Å². The molecule has 25 heavy (non-hydrogen) atoms. The van der Waals surface area contributed by atoms with Crippen LogP contribution in [0.1, 0.15) is 16.1 Å². The summed E-state index contributed by atoms with van der Waals surface area (Å²) >= 11 is 1.57. The molecule has 0 aliphatic heterocycles. The first-order valence-electron chi connectivity index (χ1n) is 7.66. The lowest BCUT2D eigenvalue weighted by atomic mass is 10.2. The molecule has 2 aromatic heterocycles. The number of aromatic nitrogens is 2. The third kappa shape index (κ3) is 4.48. The van der Waals surface area contributed by atoms with Gasteiger partial charge in [0.2, 0.25) is 5.91 Å². The monoisotopic (exact) mass is 352 g/mol. The minimum atomic E-state index is -0.286. The highest BCUT2D eigenvalue weighted by molar-refractivity contribution is 7.08. The average Bonchev–Trinajstić information content (AvgIpc) is 3.20. The Labute approximate surface area is 149 Å². The number of rotatable bonds is 6. The Balaban J connectivity index is 1.54. The van der Waals surface area contributed by atoms with Gasteiger partial charge in [-0.3, -0.25) is 19.6 Å². The van der Waals surface area contributed by atoms with Crippen LogP contribution in [-0.2, 0) is 11.3 Å². The highest BCUT2D eigenvalue weighted by Crippen LogP contribution is 2.21. The van der Waals surface area contributed by atoms with Crippen molar-refractivity contribution in [3.8, 4) is 11.3 Å². The smallest absolute Gasteiger partial charge is 0.251 e. The SMILES string of the molecule is O=C(CNC(=O)c1ccccc1)NCc1nccnc1-c1ccsc1. The normalized spacial score (nSPS) is 10.2. The summed E-state index contributed by atoms with van der Waals surface area (Å²) in [5, 5.41) is 9.29. The van der Waals surface area contributed by atoms with Gasteiger partial charge in [-0.05, 0) is 23.6 Å². The molecule has 3 aromatic rings. The second kappa shape index (κ2) is 8.16. The van der Waals surface area contributed by atoms with Crippen molar-refractivity contribution in [2.45, 2.75) is 6.54 Å². The number of carbonyl (C=O) groups is 2. The van der Waals surface area contributed by atoms with Crippen molar-refractivity contribution < 1.29 is 9.59 Å². The molecule has 0 atom stereocenters. The molecular weight excluding hydrogens is 336 g/mol. The van der Waals surface area contributed by atoms with Crippen molar-refractivity contribution in [2.75, 3.05) is 6.54 Å². The lowest BCUT2D eigenvalue weighted by molar-refractivity contribution is -0.120. The number of hydrogen-bond donors (Lipinski definition) is 2. The van der Waals surface area contributed by atoms with E-state index in [0.29, 0.717) is 11.3 Å². The Morgan fingerprint density at radius 3 is 2.56 bits per heavy atom. The van der Waals surface area contributed by atoms with E-state index >= 15 is 0 Å². The summed E-state index contributed by atoms with van der Waals surface area (Å²) in [5.41, 5.74) is 2.92. The fraction of sp³-hybridized carbons (Fsp3) is 0.111. The summed E-state index contributed by atoms with van der Waals surface area (Å²) in [4.78, 5) is 32.5. The maximum atomic E-state index is 12.0. The van der Waals surface area contributed by atoms with Crippen LogP contribution in [0, 0.1) is 0 Å². The van der Waals surface area contributed by atoms with Gasteiger partial charge in [0, 0.05) is 28.9 Å². The number of benzene rings is 1. The number of nitrogens with zero attached hydrogens (tertiary/aromatic N) is 2. The number of nitrogens with one attached hydrogen (secondary N) is 2. The van der Waals surface area contributed by atoms with Crippen molar-refractivity contribution in [3.05, 3.63) is 70.8 Å². The lowest BCUT2D eigenvalue weighted by Crippen LogP contribution is -2.36. The molecule has 0 aliphatic rings. The molecule has 3 rings (SSSR count). The van der Waals surface area contributed by atoms with Crippen LogP contribution >= 0.6 is 11.3 Å². The third-order valence-corrected chi connectivity index (χ3v) is 4.15. The van der Waals surface area contributed by atoms with Crippen molar-refractivity contribution in [3.63, 3.8) is 0 Å². The largest absolute Gasteiger partial charge is 0.349 e. The number of hydrogen-bond acceptors (Lipinski definition) is 5. The summed E-state index contributed by atoms with van der Waals surface area (Å²) in [6.07, 6.45) is 3.22. The molecule has 0 fully saturated rings. The van der Waals surface area contributed by atoms with E-state index in [-0.39, 0.29) is 24.9 Å². The molecule has 0 bridgehead atoms. The molecule has 0 unspecified atom stereocenters. The quantitative estimate of drug-likeness (QED) is 0.713. The van der Waals surface area contributed by atoms with Gasteiger partial charge in [-0.15, -0.1) is 0 Å². The molecular formula is C18H16N4O2S. The van der Waals surface area contributed by atoms with Crippen LogP contribution < -0.4 is 10.6 Å². The Hall–Kier alpha value is -3.06. The van der Waals surface area contributed by atoms with E-state index in [2.05, 4.69) is 20.6 Å². The molecule has 2 amide bonds. The minimum absolute atomic E-state index is 0.0955. The van der Waals surface area contributed by atoms with Gasteiger partial charge < -0.3 is 10.6 Å². The van der Waals surface area contributed by atoms with Crippen molar-refractivity contribution >= 4 is 23.2 Å². The highest BCUT2D eigenvalue weighted by atomic mass is 32.1. The van der Waals surface area contributed by atoms with E-state index in [1.54, 1.807) is 48.0 Å². The molecule has 2 heterocycles. The van der Waals surface area contributed by atoms with Gasteiger partial charge in [-0.25, -0.2) is 0 Å². The average molecular weight is 352 g/mol. The summed E-state index contributed by atoms with van der Waals surface area (Å²) in [5.74, 6) is -0.569. The van der Waals surface area contributed by atoms with Crippen LogP contribution in [0.5, 0.6) is 0 Å². The Bertz CT molecular complexity index is 851. The molecule has 0 aliphatic carbocycles. The summed E-state index contributed by atoms with van der Waals surface area (Å²) in [6, 6.07) is 10.7. The summed E-state index contributed by atoms with van der Waals surface area (Å²) in [7, 11) is 0. The van der Waals surface area contributed by atoms with Gasteiger partial charge in [-0.1, -0.05) is 18.2 Å². The van der Waals surface area contributed by atoms with E-state index < -0.39 is 0 Å². The van der Waals surface area contributed by atoms with Crippen molar-refractivity contribution in [1.82, 2.24) is 20.6 Å². The van der Waals surface area contributed by atoms with Crippen molar-refractivity contribution in [2.24, 2.45) is 0 Å². The zero-order valence-corrected chi connectivity index (χ0v) is 14.1. The van der Waals surface area contributed by atoms with E-state index in [0.717, 1.165) is 11.3 Å². The van der Waals surface area contributed by atoms with Crippen molar-refractivity contribution in [1.29, 1.82) is 0 Å². The van der Waals surface area contributed by atoms with Gasteiger partial charge in [-0.2, -0.15) is 11.3 Å². The molecule has 7 heteroatoms. The van der Waals surface area contributed by atoms with Gasteiger partial charge in [0.15, 0.2) is 0 Å². The predicted molar refractivity (Wildman–Crippen MR) is 96.0 cm³/mol. The Morgan fingerprint density at radius 1 is 1.00 bits per heavy atom. The van der Waals surface area contributed by atoms with Gasteiger partial charge >= 0.3 is 0 Å². The predicted octanol–water partition coefficient (Wildman–Crippen LogP) is 2.25. The molecule has 1 aromatic carbocycles. The molecule has 0 saturated carbocycles. The second-order valence-corrected chi connectivity index (χ2v) is 5.97. The van der Waals surface area contributed by atoms with Crippen LogP contribution in [0.25, 0.3) is 11.3 Å². The molecule has 126 valence electrons. The van der Waals surface area contributed by atoms with Gasteiger partial charge in [0.05, 0.1) is 24.5 Å². The number of thiophene rings is 1. The van der Waals surface area contributed by atoms with E-state index in [9.17, 15) is 9.59 Å². The summed E-state index contributed by atoms with van der Waals surface area (Å²) < 4.78 is 0. The fourth-order valence-electron chi connectivity index (χ4n) is 2.23. The Kier molecular flexibility index (Phi) is 5.48. The van der Waals surface area contributed by atoms with E-state index in [1.165, 1.54) is 0 Å². The molecule has 2 N–H and O–H groups in total. The molecule has 0 radical (unpaired) electrons. The Morgan fingerprint density at radius 2 is 1.80 bits per heavy atom. The maximum Gasteiger partial charge on any atom is 0.251 e. The van der Waals surface area contributed by atoms with Crippen LogP contribution in [-0.4, -0.2) is 28.3 Å². The summed E-state index contributed by atoms with van der Waals surface area (Å²) in [6.45, 7) is 0.154. The molecule has 0 saturated heterocycles. The van der Waals surface area contributed by atoms with E-state index in [4.69, 9.17) is 0 Å². The van der Waals surface area contributed by atoms with Gasteiger partial charge in [0.25, 0.3) is 5.91 Å². The first kappa shape index (κ1) is 16.8. The van der Waals surface area contributed by atoms with Gasteiger partial charge in [0.1, 0.15) is 0 Å². The molecule has 6 nitrogen and oxygen atoms in total. The van der Waals surface area contributed by atoms with E-state index in [1.807, 2.05) is 22.9 Å². The maximum absolute atomic E-state index is 12.0. The van der Waals surface area contributed by atoms with Crippen LogP contribution in [0.4, 0.5) is 0 Å². The first-order valence-corrected chi connectivity index (χ1v) is 8.60. The van der Waals surface area contributed by atoms with Crippen LogP contribution in [0.15, 0.2) is 59.6 Å². The molecule has 0 spiro atoms. The first-order chi connectivity index (χ1) is 12.2. The second-order valence-electron chi connectivity index (χ2n) is 5.19. The highest BCUT2D eigenvalue weighted by Gasteiger charge is 2.11. The number of amides is 2. The minimum Gasteiger partial charge on any atom is -0.349 e.